The number of aromatic hydroxyl groups is 1. The van der Waals surface area contributed by atoms with Crippen molar-refractivity contribution in [3.63, 3.8) is 0 Å². The molecule has 0 aliphatic heterocycles. The average molecular weight is 227 g/mol. The van der Waals surface area contributed by atoms with Crippen molar-refractivity contribution in [2.75, 3.05) is 0 Å². The van der Waals surface area contributed by atoms with Gasteiger partial charge in [0, 0.05) is 0 Å². The van der Waals surface area contributed by atoms with E-state index in [1.54, 1.807) is 6.07 Å². The molecule has 80 valence electrons. The van der Waals surface area contributed by atoms with Crippen LogP contribution in [-0.2, 0) is 0 Å². The van der Waals surface area contributed by atoms with Gasteiger partial charge < -0.3 is 10.8 Å². The summed E-state index contributed by atoms with van der Waals surface area (Å²) in [4.78, 5) is 11.5. The van der Waals surface area contributed by atoms with Gasteiger partial charge in [0.1, 0.15) is 11.6 Å². The summed E-state index contributed by atoms with van der Waals surface area (Å²) in [5.74, 6) is -0.968. The second-order valence-corrected chi connectivity index (χ2v) is 3.75. The SMILES string of the molecule is CC(Cl)C(=O)c1cccc(C(=N)N)c1O. The molecule has 1 atom stereocenters. The Morgan fingerprint density at radius 2 is 2.07 bits per heavy atom. The van der Waals surface area contributed by atoms with Gasteiger partial charge in [-0.25, -0.2) is 0 Å². The van der Waals surface area contributed by atoms with Crippen LogP contribution >= 0.6 is 11.6 Å². The fourth-order valence-electron chi connectivity index (χ4n) is 1.17. The molecule has 1 aromatic rings. The largest absolute Gasteiger partial charge is 0.506 e. The molecule has 0 amide bonds. The first-order valence-electron chi connectivity index (χ1n) is 4.29. The number of nitrogens with two attached hydrogens (primary N) is 1. The maximum absolute atomic E-state index is 11.5. The molecule has 4 nitrogen and oxygen atoms in total. The number of halogens is 1. The Balaban J connectivity index is 3.27. The number of alkyl halides is 1. The third kappa shape index (κ3) is 2.27. The minimum absolute atomic E-state index is 0.0881. The molecule has 4 N–H and O–H groups in total. The van der Waals surface area contributed by atoms with Crippen molar-refractivity contribution < 1.29 is 9.90 Å². The van der Waals surface area contributed by atoms with Crippen molar-refractivity contribution in [1.82, 2.24) is 0 Å². The zero-order chi connectivity index (χ0) is 11.6. The van der Waals surface area contributed by atoms with Gasteiger partial charge in [-0.2, -0.15) is 0 Å². The van der Waals surface area contributed by atoms with Crippen molar-refractivity contribution in [3.05, 3.63) is 29.3 Å². The van der Waals surface area contributed by atoms with Crippen LogP contribution in [-0.4, -0.2) is 22.1 Å². The van der Waals surface area contributed by atoms with Gasteiger partial charge in [-0.1, -0.05) is 6.07 Å². The van der Waals surface area contributed by atoms with E-state index in [0.717, 1.165) is 0 Å². The Labute approximate surface area is 92.2 Å². The average Bonchev–Trinajstić information content (AvgIpc) is 2.16. The quantitative estimate of drug-likeness (QED) is 0.316. The smallest absolute Gasteiger partial charge is 0.184 e. The van der Waals surface area contributed by atoms with E-state index in [1.165, 1.54) is 19.1 Å². The normalized spacial score (nSPS) is 12.1. The first-order chi connectivity index (χ1) is 6.95. The lowest BCUT2D eigenvalue weighted by atomic mass is 10.0. The number of amidine groups is 1. The number of carbonyl (C=O) groups is 1. The van der Waals surface area contributed by atoms with E-state index in [2.05, 4.69) is 0 Å². The van der Waals surface area contributed by atoms with Crippen LogP contribution in [0.5, 0.6) is 5.75 Å². The number of nitrogens with one attached hydrogen (secondary N) is 1. The number of hydrogen-bond donors (Lipinski definition) is 3. The summed E-state index contributed by atoms with van der Waals surface area (Å²) in [7, 11) is 0. The van der Waals surface area contributed by atoms with E-state index in [1.807, 2.05) is 0 Å². The molecule has 0 heterocycles. The van der Waals surface area contributed by atoms with Crippen molar-refractivity contribution in [1.29, 1.82) is 5.41 Å². The van der Waals surface area contributed by atoms with Crippen LogP contribution in [0.25, 0.3) is 0 Å². The molecule has 0 aliphatic carbocycles. The molecule has 0 aromatic heterocycles. The molecular formula is C10H11ClN2O2. The van der Waals surface area contributed by atoms with Crippen LogP contribution in [0.15, 0.2) is 18.2 Å². The van der Waals surface area contributed by atoms with Crippen molar-refractivity contribution >= 4 is 23.2 Å². The number of hydrogen-bond acceptors (Lipinski definition) is 3. The van der Waals surface area contributed by atoms with Gasteiger partial charge in [0.05, 0.1) is 16.5 Å². The first kappa shape index (κ1) is 11.5. The van der Waals surface area contributed by atoms with Crippen LogP contribution in [0.4, 0.5) is 0 Å². The third-order valence-electron chi connectivity index (χ3n) is 1.95. The van der Waals surface area contributed by atoms with E-state index >= 15 is 0 Å². The minimum Gasteiger partial charge on any atom is -0.506 e. The summed E-state index contributed by atoms with van der Waals surface area (Å²) < 4.78 is 0. The third-order valence-corrected chi connectivity index (χ3v) is 2.15. The first-order valence-corrected chi connectivity index (χ1v) is 4.73. The molecule has 0 aliphatic rings. The van der Waals surface area contributed by atoms with Crippen LogP contribution in [0.1, 0.15) is 22.8 Å². The summed E-state index contributed by atoms with van der Waals surface area (Å²) in [5.41, 5.74) is 5.46. The van der Waals surface area contributed by atoms with E-state index < -0.39 is 11.2 Å². The highest BCUT2D eigenvalue weighted by atomic mass is 35.5. The lowest BCUT2D eigenvalue weighted by Gasteiger charge is -2.08. The van der Waals surface area contributed by atoms with E-state index in [4.69, 9.17) is 22.7 Å². The monoisotopic (exact) mass is 226 g/mol. The Bertz CT molecular complexity index is 416. The number of phenols is 1. The zero-order valence-electron chi connectivity index (χ0n) is 8.12. The molecule has 0 saturated carbocycles. The lowest BCUT2D eigenvalue weighted by Crippen LogP contribution is -2.15. The predicted octanol–water partition coefficient (Wildman–Crippen LogP) is 1.49. The molecule has 0 fully saturated rings. The second-order valence-electron chi connectivity index (χ2n) is 3.10. The molecule has 0 spiro atoms. The molecule has 0 saturated heterocycles. The Hall–Kier alpha value is -1.55. The maximum Gasteiger partial charge on any atom is 0.184 e. The van der Waals surface area contributed by atoms with Gasteiger partial charge >= 0.3 is 0 Å². The standard InChI is InChI=1S/C10H11ClN2O2/c1-5(11)8(14)6-3-2-4-7(9(6)15)10(12)13/h2-5,15H,1H3,(H3,12,13). The fourth-order valence-corrected chi connectivity index (χ4v) is 1.29. The highest BCUT2D eigenvalue weighted by molar-refractivity contribution is 6.34. The van der Waals surface area contributed by atoms with Gasteiger partial charge in [0.15, 0.2) is 5.78 Å². The molecule has 1 rings (SSSR count). The number of phenolic OH excluding ortho intramolecular Hbond substituents is 1. The van der Waals surface area contributed by atoms with Crippen LogP contribution in [0.3, 0.4) is 0 Å². The van der Waals surface area contributed by atoms with Gasteiger partial charge in [-0.3, -0.25) is 10.2 Å². The van der Waals surface area contributed by atoms with E-state index in [9.17, 15) is 9.90 Å². The van der Waals surface area contributed by atoms with Crippen molar-refractivity contribution in [2.24, 2.45) is 5.73 Å². The van der Waals surface area contributed by atoms with Gasteiger partial charge in [-0.05, 0) is 19.1 Å². The summed E-state index contributed by atoms with van der Waals surface area (Å²) >= 11 is 5.62. The predicted molar refractivity (Wildman–Crippen MR) is 58.8 cm³/mol. The van der Waals surface area contributed by atoms with Crippen LogP contribution < -0.4 is 5.73 Å². The molecule has 1 unspecified atom stereocenters. The minimum atomic E-state index is -0.724. The topological polar surface area (TPSA) is 87.2 Å². The summed E-state index contributed by atoms with van der Waals surface area (Å²) in [6, 6.07) is 4.46. The number of para-hydroxylation sites is 1. The Morgan fingerprint density at radius 1 is 1.53 bits per heavy atom. The zero-order valence-corrected chi connectivity index (χ0v) is 8.88. The molecule has 1 aromatic carbocycles. The molecule has 5 heteroatoms. The Kier molecular flexibility index (Phi) is 3.31. The van der Waals surface area contributed by atoms with Crippen molar-refractivity contribution in [2.45, 2.75) is 12.3 Å². The molecule has 15 heavy (non-hydrogen) atoms. The Morgan fingerprint density at radius 3 is 2.53 bits per heavy atom. The van der Waals surface area contributed by atoms with E-state index in [-0.39, 0.29) is 22.7 Å². The fraction of sp³-hybridized carbons (Fsp3) is 0.200. The van der Waals surface area contributed by atoms with Crippen LogP contribution in [0, 0.1) is 5.41 Å². The molecule has 0 bridgehead atoms. The van der Waals surface area contributed by atoms with Gasteiger partial charge in [-0.15, -0.1) is 11.6 Å². The van der Waals surface area contributed by atoms with Gasteiger partial charge in [0.25, 0.3) is 0 Å². The number of rotatable bonds is 3. The molecular weight excluding hydrogens is 216 g/mol. The second kappa shape index (κ2) is 4.31. The van der Waals surface area contributed by atoms with Gasteiger partial charge in [0.2, 0.25) is 0 Å². The number of benzene rings is 1. The summed E-state index contributed by atoms with van der Waals surface area (Å²) in [5, 5.41) is 16.1. The highest BCUT2D eigenvalue weighted by Crippen LogP contribution is 2.24. The number of ketones is 1. The summed E-state index contributed by atoms with van der Waals surface area (Å²) in [6.07, 6.45) is 0. The van der Waals surface area contributed by atoms with Crippen molar-refractivity contribution in [3.8, 4) is 5.75 Å². The van der Waals surface area contributed by atoms with Crippen LogP contribution in [0.2, 0.25) is 0 Å². The summed E-state index contributed by atoms with van der Waals surface area (Å²) in [6.45, 7) is 1.52. The number of Topliss-reactive ketones (excluding diaryl/α,β-unsaturated/α-hetero) is 1. The highest BCUT2D eigenvalue weighted by Gasteiger charge is 2.18. The lowest BCUT2D eigenvalue weighted by molar-refractivity contribution is 0.0989. The van der Waals surface area contributed by atoms with E-state index in [0.29, 0.717) is 0 Å². The number of nitrogen functional groups attached to an aromatic ring is 1. The molecule has 0 radical (unpaired) electrons. The maximum atomic E-state index is 11.5. The number of carbonyl (C=O) groups excluding carboxylic acids is 1.